The van der Waals surface area contributed by atoms with Crippen molar-refractivity contribution in [2.45, 2.75) is 71.6 Å². The summed E-state index contributed by atoms with van der Waals surface area (Å²) in [6.45, 7) is 8.81. The van der Waals surface area contributed by atoms with Crippen molar-refractivity contribution in [3.63, 3.8) is 0 Å². The van der Waals surface area contributed by atoms with E-state index in [9.17, 15) is 4.79 Å². The van der Waals surface area contributed by atoms with E-state index in [2.05, 4.69) is 28.9 Å². The van der Waals surface area contributed by atoms with Crippen LogP contribution in [-0.2, 0) is 19.4 Å². The standard InChI is InChI=1S/C19H28N4O2/c1-13(2)22(12-17-6-5-9-25-17)19(24)21-16-8-7-15-11-20-23(14(3)4)18(15)10-16/h5-6,9,11,13-14,16H,7-8,10,12H2,1-4H3,(H,21,24). The molecule has 0 saturated carbocycles. The lowest BCUT2D eigenvalue weighted by atomic mass is 9.93. The van der Waals surface area contributed by atoms with Crippen LogP contribution in [0.25, 0.3) is 0 Å². The number of carbonyl (C=O) groups excluding carboxylic acids is 1. The molecule has 0 saturated heterocycles. The Labute approximate surface area is 149 Å². The third-order valence-corrected chi connectivity index (χ3v) is 4.79. The average molecular weight is 344 g/mol. The summed E-state index contributed by atoms with van der Waals surface area (Å²) in [5.74, 6) is 0.799. The lowest BCUT2D eigenvalue weighted by Crippen LogP contribution is -2.48. The summed E-state index contributed by atoms with van der Waals surface area (Å²) in [5, 5.41) is 7.72. The number of nitrogens with zero attached hydrogens (tertiary/aromatic N) is 3. The molecule has 0 aliphatic heterocycles. The van der Waals surface area contributed by atoms with E-state index >= 15 is 0 Å². The Hall–Kier alpha value is -2.24. The highest BCUT2D eigenvalue weighted by atomic mass is 16.3. The van der Waals surface area contributed by atoms with E-state index in [4.69, 9.17) is 4.42 Å². The molecule has 0 bridgehead atoms. The monoisotopic (exact) mass is 344 g/mol. The van der Waals surface area contributed by atoms with E-state index < -0.39 is 0 Å². The van der Waals surface area contributed by atoms with Crippen LogP contribution in [0.2, 0.25) is 0 Å². The average Bonchev–Trinajstić information content (AvgIpc) is 3.21. The number of nitrogens with one attached hydrogen (secondary N) is 1. The fraction of sp³-hybridized carbons (Fsp3) is 0.579. The lowest BCUT2D eigenvalue weighted by molar-refractivity contribution is 0.169. The number of aromatic nitrogens is 2. The summed E-state index contributed by atoms with van der Waals surface area (Å²) in [5.41, 5.74) is 2.57. The molecule has 2 heterocycles. The van der Waals surface area contributed by atoms with E-state index in [1.165, 1.54) is 11.3 Å². The summed E-state index contributed by atoms with van der Waals surface area (Å²) >= 11 is 0. The van der Waals surface area contributed by atoms with Gasteiger partial charge in [0.05, 0.1) is 19.0 Å². The molecule has 0 spiro atoms. The summed E-state index contributed by atoms with van der Waals surface area (Å²) < 4.78 is 7.48. The van der Waals surface area contributed by atoms with Gasteiger partial charge in [-0.15, -0.1) is 0 Å². The van der Waals surface area contributed by atoms with Gasteiger partial charge in [0, 0.05) is 30.2 Å². The first kappa shape index (κ1) is 17.6. The number of furan rings is 1. The molecule has 0 fully saturated rings. The number of aryl methyl sites for hydroxylation is 1. The molecule has 1 aliphatic carbocycles. The maximum Gasteiger partial charge on any atom is 0.318 e. The van der Waals surface area contributed by atoms with Gasteiger partial charge >= 0.3 is 6.03 Å². The molecular formula is C19H28N4O2. The van der Waals surface area contributed by atoms with Crippen LogP contribution in [0.15, 0.2) is 29.0 Å². The number of urea groups is 1. The first-order valence-corrected chi connectivity index (χ1v) is 9.10. The topological polar surface area (TPSA) is 63.3 Å². The van der Waals surface area contributed by atoms with E-state index in [1.807, 2.05) is 37.1 Å². The lowest BCUT2D eigenvalue weighted by Gasteiger charge is -2.31. The Bertz CT molecular complexity index is 703. The predicted molar refractivity (Wildman–Crippen MR) is 96.3 cm³/mol. The van der Waals surface area contributed by atoms with Gasteiger partial charge in [0.15, 0.2) is 0 Å². The van der Waals surface area contributed by atoms with Gasteiger partial charge in [-0.05, 0) is 58.2 Å². The summed E-state index contributed by atoms with van der Waals surface area (Å²) in [4.78, 5) is 14.6. The zero-order chi connectivity index (χ0) is 18.0. The molecule has 25 heavy (non-hydrogen) atoms. The Balaban J connectivity index is 1.66. The van der Waals surface area contributed by atoms with Crippen LogP contribution in [0, 0.1) is 0 Å². The van der Waals surface area contributed by atoms with Crippen molar-refractivity contribution >= 4 is 6.03 Å². The maximum atomic E-state index is 12.8. The minimum absolute atomic E-state index is 0.0320. The Morgan fingerprint density at radius 2 is 2.24 bits per heavy atom. The molecule has 1 aliphatic rings. The van der Waals surface area contributed by atoms with Gasteiger partial charge in [-0.25, -0.2) is 4.79 Å². The van der Waals surface area contributed by atoms with Crippen LogP contribution in [0.5, 0.6) is 0 Å². The second-order valence-corrected chi connectivity index (χ2v) is 7.35. The smallest absolute Gasteiger partial charge is 0.318 e. The number of amides is 2. The van der Waals surface area contributed by atoms with Crippen LogP contribution < -0.4 is 5.32 Å². The molecule has 2 amide bonds. The fourth-order valence-electron chi connectivity index (χ4n) is 3.41. The number of hydrogen-bond donors (Lipinski definition) is 1. The molecule has 3 rings (SSSR count). The van der Waals surface area contributed by atoms with Gasteiger partial charge in [-0.3, -0.25) is 4.68 Å². The minimum Gasteiger partial charge on any atom is -0.467 e. The van der Waals surface area contributed by atoms with Gasteiger partial charge in [-0.1, -0.05) is 0 Å². The third kappa shape index (κ3) is 3.89. The van der Waals surface area contributed by atoms with Crippen LogP contribution in [-0.4, -0.2) is 32.8 Å². The largest absolute Gasteiger partial charge is 0.467 e. The Morgan fingerprint density at radius 1 is 1.44 bits per heavy atom. The third-order valence-electron chi connectivity index (χ3n) is 4.79. The maximum absolute atomic E-state index is 12.8. The molecule has 1 N–H and O–H groups in total. The molecule has 6 heteroatoms. The van der Waals surface area contributed by atoms with Crippen molar-refractivity contribution in [3.05, 3.63) is 41.6 Å². The zero-order valence-electron chi connectivity index (χ0n) is 15.5. The molecule has 2 aromatic rings. The molecule has 1 unspecified atom stereocenters. The zero-order valence-corrected chi connectivity index (χ0v) is 15.5. The van der Waals surface area contributed by atoms with Crippen molar-refractivity contribution in [2.24, 2.45) is 0 Å². The van der Waals surface area contributed by atoms with Crippen molar-refractivity contribution < 1.29 is 9.21 Å². The second-order valence-electron chi connectivity index (χ2n) is 7.35. The fourth-order valence-corrected chi connectivity index (χ4v) is 3.41. The minimum atomic E-state index is -0.0320. The van der Waals surface area contributed by atoms with Crippen LogP contribution >= 0.6 is 0 Å². The van der Waals surface area contributed by atoms with E-state index in [-0.39, 0.29) is 18.1 Å². The second kappa shape index (κ2) is 7.33. The van der Waals surface area contributed by atoms with Crippen molar-refractivity contribution in [3.8, 4) is 0 Å². The van der Waals surface area contributed by atoms with Crippen LogP contribution in [0.3, 0.4) is 0 Å². The molecule has 136 valence electrons. The molecule has 0 aromatic carbocycles. The van der Waals surface area contributed by atoms with E-state index in [0.29, 0.717) is 12.6 Å². The molecule has 2 aromatic heterocycles. The summed E-state index contributed by atoms with van der Waals surface area (Å²) in [6, 6.07) is 4.30. The number of carbonyl (C=O) groups is 1. The quantitative estimate of drug-likeness (QED) is 0.902. The van der Waals surface area contributed by atoms with Gasteiger partial charge in [0.2, 0.25) is 0 Å². The first-order valence-electron chi connectivity index (χ1n) is 9.10. The highest BCUT2D eigenvalue weighted by Gasteiger charge is 2.27. The molecule has 0 radical (unpaired) electrons. The predicted octanol–water partition coefficient (Wildman–Crippen LogP) is 3.53. The van der Waals surface area contributed by atoms with E-state index in [0.717, 1.165) is 25.0 Å². The number of rotatable bonds is 5. The van der Waals surface area contributed by atoms with E-state index in [1.54, 1.807) is 6.26 Å². The van der Waals surface area contributed by atoms with Gasteiger partial charge in [0.1, 0.15) is 5.76 Å². The van der Waals surface area contributed by atoms with Crippen molar-refractivity contribution in [1.29, 1.82) is 0 Å². The molecular weight excluding hydrogens is 316 g/mol. The first-order chi connectivity index (χ1) is 12.0. The normalized spacial score (nSPS) is 17.0. The molecule has 1 atom stereocenters. The SMILES string of the molecule is CC(C)N(Cc1ccco1)C(=O)NC1CCc2cnn(C(C)C)c2C1. The number of hydrogen-bond acceptors (Lipinski definition) is 3. The number of fused-ring (bicyclic) bond motifs is 1. The van der Waals surface area contributed by atoms with Gasteiger partial charge in [-0.2, -0.15) is 5.10 Å². The van der Waals surface area contributed by atoms with Crippen LogP contribution in [0.1, 0.15) is 57.2 Å². The van der Waals surface area contributed by atoms with Crippen molar-refractivity contribution in [2.75, 3.05) is 0 Å². The highest BCUT2D eigenvalue weighted by Crippen LogP contribution is 2.24. The van der Waals surface area contributed by atoms with Gasteiger partial charge in [0.25, 0.3) is 0 Å². The summed E-state index contributed by atoms with van der Waals surface area (Å²) in [6.07, 6.45) is 6.38. The Morgan fingerprint density at radius 3 is 2.88 bits per heavy atom. The summed E-state index contributed by atoms with van der Waals surface area (Å²) in [7, 11) is 0. The molecule has 6 nitrogen and oxygen atoms in total. The van der Waals surface area contributed by atoms with Crippen LogP contribution in [0.4, 0.5) is 4.79 Å². The van der Waals surface area contributed by atoms with Gasteiger partial charge < -0.3 is 14.6 Å². The van der Waals surface area contributed by atoms with Crippen molar-refractivity contribution in [1.82, 2.24) is 20.0 Å². The Kier molecular flexibility index (Phi) is 5.16. The highest BCUT2D eigenvalue weighted by molar-refractivity contribution is 5.74.